The summed E-state index contributed by atoms with van der Waals surface area (Å²) in [6, 6.07) is 11.5. The number of benzene rings is 1. The molecule has 0 amide bonds. The quantitative estimate of drug-likeness (QED) is 0.605. The molecule has 2 aromatic rings. The summed E-state index contributed by atoms with van der Waals surface area (Å²) < 4.78 is 5.96. The van der Waals surface area contributed by atoms with E-state index in [1.807, 2.05) is 12.4 Å². The van der Waals surface area contributed by atoms with Gasteiger partial charge in [0, 0.05) is 17.8 Å². The molecule has 0 saturated carbocycles. The van der Waals surface area contributed by atoms with E-state index >= 15 is 0 Å². The predicted octanol–water partition coefficient (Wildman–Crippen LogP) is 4.95. The Morgan fingerprint density at radius 2 is 2.04 bits per heavy atom. The van der Waals surface area contributed by atoms with Crippen molar-refractivity contribution in [3.63, 3.8) is 0 Å². The molecule has 0 unspecified atom stereocenters. The fourth-order valence-corrected chi connectivity index (χ4v) is 3.29. The van der Waals surface area contributed by atoms with E-state index in [-0.39, 0.29) is 0 Å². The molecule has 1 fully saturated rings. The minimum absolute atomic E-state index is 0.551. The zero-order chi connectivity index (χ0) is 17.5. The number of aromatic nitrogens is 1. The molecule has 0 bridgehead atoms. The first-order valence-corrected chi connectivity index (χ1v) is 9.63. The van der Waals surface area contributed by atoms with Gasteiger partial charge < -0.3 is 4.74 Å². The van der Waals surface area contributed by atoms with Gasteiger partial charge in [-0.15, -0.1) is 0 Å². The molecular formula is C22H30N2O. The molecule has 1 aliphatic heterocycles. The highest BCUT2D eigenvalue weighted by atomic mass is 16.5. The molecule has 3 heteroatoms. The number of likely N-dealkylation sites (N-methyl/N-ethyl adjacent to an activating group) is 1. The van der Waals surface area contributed by atoms with Crippen LogP contribution in [-0.4, -0.2) is 36.1 Å². The second kappa shape index (κ2) is 9.00. The number of hydrogen-bond acceptors (Lipinski definition) is 3. The van der Waals surface area contributed by atoms with Crippen LogP contribution in [0, 0.1) is 0 Å². The maximum atomic E-state index is 5.96. The highest BCUT2D eigenvalue weighted by molar-refractivity contribution is 5.64. The average molecular weight is 338 g/mol. The van der Waals surface area contributed by atoms with Gasteiger partial charge in [0.15, 0.2) is 0 Å². The van der Waals surface area contributed by atoms with E-state index in [9.17, 15) is 0 Å². The van der Waals surface area contributed by atoms with Crippen molar-refractivity contribution in [2.75, 3.05) is 20.2 Å². The average Bonchev–Trinajstić information content (AvgIpc) is 2.65. The second-order valence-electron chi connectivity index (χ2n) is 7.15. The Labute approximate surface area is 152 Å². The second-order valence-corrected chi connectivity index (χ2v) is 7.15. The Bertz CT molecular complexity index is 671. The maximum Gasteiger partial charge on any atom is 0.138 e. The van der Waals surface area contributed by atoms with Crippen molar-refractivity contribution in [2.24, 2.45) is 0 Å². The zero-order valence-corrected chi connectivity index (χ0v) is 15.6. The van der Waals surface area contributed by atoms with Crippen LogP contribution in [0.4, 0.5) is 0 Å². The normalized spacial score (nSPS) is 17.3. The Morgan fingerprint density at radius 1 is 1.12 bits per heavy atom. The monoisotopic (exact) mass is 338 g/mol. The summed E-state index contributed by atoms with van der Waals surface area (Å²) in [5, 5.41) is 0. The van der Waals surface area contributed by atoms with Gasteiger partial charge in [-0.25, -0.2) is 0 Å². The van der Waals surface area contributed by atoms with Gasteiger partial charge in [0.2, 0.25) is 0 Å². The zero-order valence-electron chi connectivity index (χ0n) is 15.6. The fourth-order valence-electron chi connectivity index (χ4n) is 3.29. The summed E-state index contributed by atoms with van der Waals surface area (Å²) in [5.74, 6) is 0.867. The highest BCUT2D eigenvalue weighted by Crippen LogP contribution is 2.25. The molecule has 2 heterocycles. The van der Waals surface area contributed by atoms with Crippen molar-refractivity contribution >= 4 is 0 Å². The topological polar surface area (TPSA) is 25.4 Å². The number of ether oxygens (including phenoxy) is 1. The molecular weight excluding hydrogens is 308 g/mol. The molecule has 0 radical (unpaired) electrons. The molecule has 0 aliphatic carbocycles. The summed E-state index contributed by atoms with van der Waals surface area (Å²) in [6.45, 7) is 4.18. The van der Waals surface area contributed by atoms with Crippen LogP contribution in [0.1, 0.15) is 44.6 Å². The van der Waals surface area contributed by atoms with Gasteiger partial charge in [0.05, 0.1) is 6.20 Å². The van der Waals surface area contributed by atoms with Crippen LogP contribution in [0.15, 0.2) is 42.7 Å². The lowest BCUT2D eigenvalue weighted by Gasteiger charge is -2.37. The molecule has 1 aromatic heterocycles. The van der Waals surface area contributed by atoms with Crippen LogP contribution in [0.2, 0.25) is 0 Å². The van der Waals surface area contributed by atoms with Crippen molar-refractivity contribution in [3.8, 4) is 16.9 Å². The lowest BCUT2D eigenvalue weighted by molar-refractivity contribution is 0.0768. The smallest absolute Gasteiger partial charge is 0.138 e. The number of nitrogens with zero attached hydrogens (tertiary/aromatic N) is 2. The lowest BCUT2D eigenvalue weighted by Crippen LogP contribution is -2.48. The molecule has 1 aromatic carbocycles. The molecule has 0 spiro atoms. The van der Waals surface area contributed by atoms with Crippen molar-refractivity contribution in [3.05, 3.63) is 48.3 Å². The van der Waals surface area contributed by atoms with E-state index in [4.69, 9.17) is 4.74 Å². The van der Waals surface area contributed by atoms with E-state index in [1.165, 1.54) is 49.8 Å². The molecule has 0 N–H and O–H groups in total. The fraction of sp³-hybridized carbons (Fsp3) is 0.500. The van der Waals surface area contributed by atoms with Gasteiger partial charge in [-0.2, -0.15) is 0 Å². The van der Waals surface area contributed by atoms with Crippen molar-refractivity contribution in [2.45, 2.75) is 51.5 Å². The van der Waals surface area contributed by atoms with E-state index < -0.39 is 0 Å². The number of unbranched alkanes of at least 4 members (excludes halogenated alkanes) is 3. The van der Waals surface area contributed by atoms with Crippen LogP contribution in [0.3, 0.4) is 0 Å². The number of pyridine rings is 1. The van der Waals surface area contributed by atoms with Crippen LogP contribution in [-0.2, 0) is 6.42 Å². The van der Waals surface area contributed by atoms with Crippen LogP contribution in [0.5, 0.6) is 5.75 Å². The van der Waals surface area contributed by atoms with Gasteiger partial charge in [0.25, 0.3) is 0 Å². The van der Waals surface area contributed by atoms with Gasteiger partial charge in [-0.3, -0.25) is 9.88 Å². The minimum atomic E-state index is 0.551. The third-order valence-electron chi connectivity index (χ3n) is 5.17. The molecule has 25 heavy (non-hydrogen) atoms. The summed E-state index contributed by atoms with van der Waals surface area (Å²) in [5.41, 5.74) is 3.78. The van der Waals surface area contributed by atoms with Gasteiger partial charge in [-0.1, -0.05) is 50.5 Å². The van der Waals surface area contributed by atoms with E-state index in [0.717, 1.165) is 24.3 Å². The Balaban J connectivity index is 1.61. The summed E-state index contributed by atoms with van der Waals surface area (Å²) in [7, 11) is 2.15. The van der Waals surface area contributed by atoms with Crippen LogP contribution < -0.4 is 4.74 Å². The summed E-state index contributed by atoms with van der Waals surface area (Å²) in [6.07, 6.45) is 11.3. The number of aryl methyl sites for hydroxylation is 1. The van der Waals surface area contributed by atoms with Gasteiger partial charge in [0.1, 0.15) is 12.4 Å². The molecule has 134 valence electrons. The Kier molecular flexibility index (Phi) is 6.46. The van der Waals surface area contributed by atoms with Gasteiger partial charge >= 0.3 is 0 Å². The maximum absolute atomic E-state index is 5.96. The molecule has 3 nitrogen and oxygen atoms in total. The van der Waals surface area contributed by atoms with Crippen molar-refractivity contribution in [1.82, 2.24) is 9.88 Å². The highest BCUT2D eigenvalue weighted by Gasteiger charge is 2.24. The molecule has 1 atom stereocenters. The van der Waals surface area contributed by atoms with Gasteiger partial charge in [-0.05, 0) is 50.0 Å². The van der Waals surface area contributed by atoms with Crippen LogP contribution >= 0.6 is 0 Å². The Morgan fingerprint density at radius 3 is 2.80 bits per heavy atom. The van der Waals surface area contributed by atoms with Crippen molar-refractivity contribution < 1.29 is 4.74 Å². The standard InChI is InChI=1S/C22H30N2O/c1-3-4-5-6-8-18-9-7-10-19(13-18)20-14-22(16-23-15-20)25-17-21-11-12-24(21)2/h7,9-10,13-16,21H,3-6,8,11-12,17H2,1-2H3/t21-/m0/s1. The number of hydrogen-bond donors (Lipinski definition) is 0. The first-order valence-electron chi connectivity index (χ1n) is 9.63. The number of rotatable bonds is 9. The lowest BCUT2D eigenvalue weighted by atomic mass is 10.0. The van der Waals surface area contributed by atoms with E-state index in [2.05, 4.69) is 54.2 Å². The first-order chi connectivity index (χ1) is 12.3. The predicted molar refractivity (Wildman–Crippen MR) is 104 cm³/mol. The van der Waals surface area contributed by atoms with E-state index in [1.54, 1.807) is 0 Å². The molecule has 1 saturated heterocycles. The summed E-state index contributed by atoms with van der Waals surface area (Å²) >= 11 is 0. The first kappa shape index (κ1) is 17.9. The van der Waals surface area contributed by atoms with Crippen LogP contribution in [0.25, 0.3) is 11.1 Å². The molecule has 3 rings (SSSR count). The SMILES string of the molecule is CCCCCCc1cccc(-c2cncc(OC[C@@H]3CCN3C)c2)c1. The Hall–Kier alpha value is -1.87. The van der Waals surface area contributed by atoms with Crippen molar-refractivity contribution in [1.29, 1.82) is 0 Å². The third-order valence-corrected chi connectivity index (χ3v) is 5.17. The van der Waals surface area contributed by atoms with E-state index in [0.29, 0.717) is 6.04 Å². The number of likely N-dealkylation sites (tertiary alicyclic amines) is 1. The largest absolute Gasteiger partial charge is 0.490 e. The minimum Gasteiger partial charge on any atom is -0.490 e. The molecule has 1 aliphatic rings. The third kappa shape index (κ3) is 5.05. The summed E-state index contributed by atoms with van der Waals surface area (Å²) in [4.78, 5) is 6.71.